The molecule has 11 heavy (non-hydrogen) atoms. The lowest BCUT2D eigenvalue weighted by Crippen LogP contribution is -2.05. The van der Waals surface area contributed by atoms with Gasteiger partial charge in [-0.2, -0.15) is 0 Å². The third kappa shape index (κ3) is 4.42. The van der Waals surface area contributed by atoms with E-state index >= 15 is 0 Å². The van der Waals surface area contributed by atoms with Crippen LogP contribution in [0.25, 0.3) is 0 Å². The first kappa shape index (κ1) is 10.0. The minimum Gasteiger partial charge on any atom is -0.501 e. The first-order chi connectivity index (χ1) is 5.22. The van der Waals surface area contributed by atoms with Crippen molar-refractivity contribution in [1.82, 2.24) is 0 Å². The Labute approximate surface area is 67.0 Å². The Balaban J connectivity index is 3.80. The lowest BCUT2D eigenvalue weighted by molar-refractivity contribution is -0.138. The highest BCUT2D eigenvalue weighted by Crippen LogP contribution is 1.96. The van der Waals surface area contributed by atoms with Gasteiger partial charge in [0, 0.05) is 0 Å². The fourth-order valence-electron chi connectivity index (χ4n) is 0.501. The standard InChI is InChI=1S/C8H14O3/c1-4-10-6-7(3)8(9)11-5-2/h6H,4-5H2,1-3H3/b7-6+. The summed E-state index contributed by atoms with van der Waals surface area (Å²) in [6.07, 6.45) is 1.41. The monoisotopic (exact) mass is 158 g/mol. The molecule has 0 bridgehead atoms. The number of ether oxygens (including phenoxy) is 2. The van der Waals surface area contributed by atoms with Crippen molar-refractivity contribution in [2.75, 3.05) is 13.2 Å². The molecule has 0 unspecified atom stereocenters. The van der Waals surface area contributed by atoms with Crippen LogP contribution >= 0.6 is 0 Å². The lowest BCUT2D eigenvalue weighted by atomic mass is 10.3. The zero-order valence-electron chi connectivity index (χ0n) is 7.22. The summed E-state index contributed by atoms with van der Waals surface area (Å²) in [6.45, 7) is 6.25. The van der Waals surface area contributed by atoms with E-state index in [9.17, 15) is 4.79 Å². The van der Waals surface area contributed by atoms with E-state index in [1.807, 2.05) is 6.92 Å². The Kier molecular flexibility index (Phi) is 5.25. The summed E-state index contributed by atoms with van der Waals surface area (Å²) in [5.74, 6) is -0.319. The van der Waals surface area contributed by atoms with Crippen LogP contribution in [0.2, 0.25) is 0 Å². The third-order valence-electron chi connectivity index (χ3n) is 1.02. The van der Waals surface area contributed by atoms with E-state index in [0.29, 0.717) is 18.8 Å². The largest absolute Gasteiger partial charge is 0.501 e. The van der Waals surface area contributed by atoms with Gasteiger partial charge in [0.15, 0.2) is 0 Å². The van der Waals surface area contributed by atoms with Crippen molar-refractivity contribution >= 4 is 5.97 Å². The van der Waals surface area contributed by atoms with Gasteiger partial charge >= 0.3 is 5.97 Å². The fourth-order valence-corrected chi connectivity index (χ4v) is 0.501. The van der Waals surface area contributed by atoms with Crippen molar-refractivity contribution in [3.8, 4) is 0 Å². The molecule has 0 spiro atoms. The van der Waals surface area contributed by atoms with E-state index in [1.54, 1.807) is 13.8 Å². The van der Waals surface area contributed by atoms with Gasteiger partial charge in [-0.05, 0) is 20.8 Å². The Morgan fingerprint density at radius 2 is 2.00 bits per heavy atom. The Hall–Kier alpha value is -0.990. The van der Waals surface area contributed by atoms with E-state index < -0.39 is 0 Å². The highest BCUT2D eigenvalue weighted by atomic mass is 16.5. The second-order valence-electron chi connectivity index (χ2n) is 1.98. The van der Waals surface area contributed by atoms with E-state index in [1.165, 1.54) is 6.26 Å². The predicted molar refractivity (Wildman–Crippen MR) is 42.0 cm³/mol. The minimum atomic E-state index is -0.319. The van der Waals surface area contributed by atoms with Crippen molar-refractivity contribution in [2.45, 2.75) is 20.8 Å². The quantitative estimate of drug-likeness (QED) is 0.353. The van der Waals surface area contributed by atoms with Crippen molar-refractivity contribution in [3.63, 3.8) is 0 Å². The topological polar surface area (TPSA) is 35.5 Å². The zero-order valence-corrected chi connectivity index (χ0v) is 7.22. The van der Waals surface area contributed by atoms with Crippen LogP contribution in [0.3, 0.4) is 0 Å². The van der Waals surface area contributed by atoms with Crippen LogP contribution in [0.5, 0.6) is 0 Å². The maximum Gasteiger partial charge on any atom is 0.336 e. The first-order valence-corrected chi connectivity index (χ1v) is 3.67. The Morgan fingerprint density at radius 1 is 1.36 bits per heavy atom. The molecule has 0 aromatic heterocycles. The van der Waals surface area contributed by atoms with Crippen LogP contribution in [0.15, 0.2) is 11.8 Å². The van der Waals surface area contributed by atoms with Gasteiger partial charge in [-0.1, -0.05) is 0 Å². The highest BCUT2D eigenvalue weighted by molar-refractivity contribution is 5.87. The van der Waals surface area contributed by atoms with Crippen LogP contribution in [0.1, 0.15) is 20.8 Å². The molecule has 0 saturated carbocycles. The summed E-state index contributed by atoms with van der Waals surface area (Å²) >= 11 is 0. The molecule has 0 aliphatic heterocycles. The molecule has 0 aromatic rings. The fraction of sp³-hybridized carbons (Fsp3) is 0.625. The molecule has 0 aromatic carbocycles. The van der Waals surface area contributed by atoms with Gasteiger partial charge in [0.25, 0.3) is 0 Å². The Bertz CT molecular complexity index is 149. The van der Waals surface area contributed by atoms with Gasteiger partial charge in [-0.25, -0.2) is 4.79 Å². The molecular weight excluding hydrogens is 144 g/mol. The summed E-state index contributed by atoms with van der Waals surface area (Å²) in [5, 5.41) is 0. The predicted octanol–water partition coefficient (Wildman–Crippen LogP) is 1.49. The summed E-state index contributed by atoms with van der Waals surface area (Å²) in [5.41, 5.74) is 0.494. The van der Waals surface area contributed by atoms with E-state index in [2.05, 4.69) is 0 Å². The molecule has 0 aliphatic rings. The molecule has 0 saturated heterocycles. The van der Waals surface area contributed by atoms with Crippen LogP contribution in [-0.4, -0.2) is 19.2 Å². The highest BCUT2D eigenvalue weighted by Gasteiger charge is 2.03. The van der Waals surface area contributed by atoms with E-state index in [-0.39, 0.29) is 5.97 Å². The van der Waals surface area contributed by atoms with Crippen LogP contribution in [-0.2, 0) is 14.3 Å². The molecule has 0 heterocycles. The molecule has 0 fully saturated rings. The van der Waals surface area contributed by atoms with Gasteiger partial charge in [0.2, 0.25) is 0 Å². The number of hydrogen-bond acceptors (Lipinski definition) is 3. The third-order valence-corrected chi connectivity index (χ3v) is 1.02. The van der Waals surface area contributed by atoms with Crippen LogP contribution < -0.4 is 0 Å². The second kappa shape index (κ2) is 5.77. The maximum absolute atomic E-state index is 10.9. The van der Waals surface area contributed by atoms with Gasteiger partial charge in [-0.15, -0.1) is 0 Å². The number of hydrogen-bond donors (Lipinski definition) is 0. The number of carbonyl (C=O) groups is 1. The normalized spacial score (nSPS) is 11.0. The minimum absolute atomic E-state index is 0.319. The molecule has 0 amide bonds. The summed E-state index contributed by atoms with van der Waals surface area (Å²) < 4.78 is 9.61. The smallest absolute Gasteiger partial charge is 0.336 e. The Morgan fingerprint density at radius 3 is 2.45 bits per heavy atom. The number of esters is 1. The average Bonchev–Trinajstić information content (AvgIpc) is 2.00. The molecule has 0 rings (SSSR count). The number of carbonyl (C=O) groups excluding carboxylic acids is 1. The second-order valence-corrected chi connectivity index (χ2v) is 1.98. The molecule has 0 N–H and O–H groups in total. The van der Waals surface area contributed by atoms with E-state index in [0.717, 1.165) is 0 Å². The van der Waals surface area contributed by atoms with Crippen molar-refractivity contribution in [2.24, 2.45) is 0 Å². The number of rotatable bonds is 4. The van der Waals surface area contributed by atoms with Gasteiger partial charge < -0.3 is 9.47 Å². The average molecular weight is 158 g/mol. The summed E-state index contributed by atoms with van der Waals surface area (Å²) in [7, 11) is 0. The SMILES string of the molecule is CCO/C=C(\C)C(=O)OCC. The van der Waals surface area contributed by atoms with Crippen LogP contribution in [0.4, 0.5) is 0 Å². The van der Waals surface area contributed by atoms with Gasteiger partial charge in [0.1, 0.15) is 0 Å². The molecule has 0 radical (unpaired) electrons. The first-order valence-electron chi connectivity index (χ1n) is 3.67. The molecule has 64 valence electrons. The van der Waals surface area contributed by atoms with Crippen molar-refractivity contribution < 1.29 is 14.3 Å². The summed E-state index contributed by atoms with van der Waals surface area (Å²) in [4.78, 5) is 10.9. The molecule has 3 heteroatoms. The molecule has 0 aliphatic carbocycles. The van der Waals surface area contributed by atoms with E-state index in [4.69, 9.17) is 9.47 Å². The molecular formula is C8H14O3. The van der Waals surface area contributed by atoms with Gasteiger partial charge in [-0.3, -0.25) is 0 Å². The van der Waals surface area contributed by atoms with Gasteiger partial charge in [0.05, 0.1) is 25.0 Å². The lowest BCUT2D eigenvalue weighted by Gasteiger charge is -2.00. The van der Waals surface area contributed by atoms with Crippen molar-refractivity contribution in [3.05, 3.63) is 11.8 Å². The molecule has 3 nitrogen and oxygen atoms in total. The molecule has 0 atom stereocenters. The van der Waals surface area contributed by atoms with Crippen LogP contribution in [0, 0.1) is 0 Å². The van der Waals surface area contributed by atoms with Crippen molar-refractivity contribution in [1.29, 1.82) is 0 Å². The summed E-state index contributed by atoms with van der Waals surface area (Å²) in [6, 6.07) is 0. The maximum atomic E-state index is 10.9. The zero-order chi connectivity index (χ0) is 8.69.